The molecule has 4 rings (SSSR count). The lowest BCUT2D eigenvalue weighted by Crippen LogP contribution is -2.56. The van der Waals surface area contributed by atoms with E-state index in [-0.39, 0.29) is 11.8 Å². The number of carbonyl (C=O) groups is 3. The lowest BCUT2D eigenvalue weighted by atomic mass is 9.98. The molecular formula is C29H32N4O4S. The number of fused-ring (bicyclic) bond motifs is 1. The van der Waals surface area contributed by atoms with Crippen molar-refractivity contribution < 1.29 is 19.1 Å². The van der Waals surface area contributed by atoms with Crippen molar-refractivity contribution in [3.05, 3.63) is 83.9 Å². The van der Waals surface area contributed by atoms with E-state index in [1.54, 1.807) is 30.5 Å². The van der Waals surface area contributed by atoms with Gasteiger partial charge in [0.05, 0.1) is 24.9 Å². The molecule has 1 heterocycles. The van der Waals surface area contributed by atoms with Crippen molar-refractivity contribution in [1.29, 1.82) is 0 Å². The Morgan fingerprint density at radius 1 is 1.05 bits per heavy atom. The predicted molar refractivity (Wildman–Crippen MR) is 150 cm³/mol. The normalized spacial score (nSPS) is 15.3. The van der Waals surface area contributed by atoms with Crippen LogP contribution in [-0.4, -0.2) is 42.4 Å². The summed E-state index contributed by atoms with van der Waals surface area (Å²) in [6.45, 7) is 3.93. The quantitative estimate of drug-likeness (QED) is 0.423. The first-order chi connectivity index (χ1) is 18.2. The summed E-state index contributed by atoms with van der Waals surface area (Å²) < 4.78 is 4.68. The van der Waals surface area contributed by atoms with Gasteiger partial charge in [-0.2, -0.15) is 0 Å². The van der Waals surface area contributed by atoms with Crippen molar-refractivity contribution in [3.8, 4) is 11.1 Å². The van der Waals surface area contributed by atoms with Crippen LogP contribution >= 0.6 is 11.8 Å². The summed E-state index contributed by atoms with van der Waals surface area (Å²) in [5.74, 6) is -0.126. The van der Waals surface area contributed by atoms with E-state index < -0.39 is 17.7 Å². The van der Waals surface area contributed by atoms with Crippen molar-refractivity contribution in [3.63, 3.8) is 0 Å². The van der Waals surface area contributed by atoms with E-state index in [1.807, 2.05) is 72.8 Å². The van der Waals surface area contributed by atoms with E-state index >= 15 is 0 Å². The number of carbonyl (C=O) groups excluding carboxylic acids is 3. The maximum absolute atomic E-state index is 13.7. The Kier molecular flexibility index (Phi) is 8.38. The third-order valence-corrected chi connectivity index (χ3v) is 7.40. The molecule has 0 bridgehead atoms. The first-order valence-corrected chi connectivity index (χ1v) is 13.3. The molecule has 3 aromatic carbocycles. The first-order valence-electron chi connectivity index (χ1n) is 12.3. The Labute approximate surface area is 226 Å². The number of nitrogens with two attached hydrogens (primary N) is 1. The summed E-state index contributed by atoms with van der Waals surface area (Å²) in [6.07, 6.45) is -0.486. The number of nitrogens with zero attached hydrogens (tertiary/aromatic N) is 1. The minimum atomic E-state index is -1.09. The Bertz CT molecular complexity index is 1320. The van der Waals surface area contributed by atoms with E-state index in [1.165, 1.54) is 7.11 Å². The third kappa shape index (κ3) is 6.35. The van der Waals surface area contributed by atoms with E-state index in [4.69, 9.17) is 5.73 Å². The third-order valence-electron chi connectivity index (χ3n) is 6.25. The summed E-state index contributed by atoms with van der Waals surface area (Å²) >= 11 is 1.54. The molecule has 0 spiro atoms. The molecule has 38 heavy (non-hydrogen) atoms. The highest BCUT2D eigenvalue weighted by molar-refractivity contribution is 7.99. The Morgan fingerprint density at radius 2 is 1.74 bits per heavy atom. The van der Waals surface area contributed by atoms with Gasteiger partial charge in [0.25, 0.3) is 5.91 Å². The highest BCUT2D eigenvalue weighted by Crippen LogP contribution is 2.35. The molecule has 1 aliphatic heterocycles. The minimum absolute atomic E-state index is 0.177. The number of nitrogens with one attached hydrogen (secondary N) is 2. The second kappa shape index (κ2) is 11.7. The lowest BCUT2D eigenvalue weighted by Gasteiger charge is -2.28. The van der Waals surface area contributed by atoms with Crippen LogP contribution in [0.25, 0.3) is 11.1 Å². The maximum Gasteiger partial charge on any atom is 0.407 e. The monoisotopic (exact) mass is 532 g/mol. The van der Waals surface area contributed by atoms with Gasteiger partial charge >= 0.3 is 6.09 Å². The van der Waals surface area contributed by atoms with Gasteiger partial charge in [-0.05, 0) is 48.2 Å². The molecule has 9 heteroatoms. The van der Waals surface area contributed by atoms with Gasteiger partial charge in [-0.25, -0.2) is 4.79 Å². The lowest BCUT2D eigenvalue weighted by molar-refractivity contribution is -0.129. The van der Waals surface area contributed by atoms with Gasteiger partial charge in [0, 0.05) is 17.2 Å². The fourth-order valence-electron chi connectivity index (χ4n) is 4.13. The SMILES string of the molecule is COC(=O)NCc1ccccc1-c1ccc(CN2C(=O)[C@H](NC(=O)C(C)(C)N)CSc3ccccc32)cc1. The van der Waals surface area contributed by atoms with Crippen LogP contribution in [0.1, 0.15) is 25.0 Å². The number of anilines is 1. The summed E-state index contributed by atoms with van der Waals surface area (Å²) in [5.41, 5.74) is 9.58. The number of benzene rings is 3. The smallest absolute Gasteiger partial charge is 0.407 e. The molecule has 3 aromatic rings. The summed E-state index contributed by atoms with van der Waals surface area (Å²) in [7, 11) is 1.33. The molecular weight excluding hydrogens is 500 g/mol. The molecule has 0 aliphatic carbocycles. The highest BCUT2D eigenvalue weighted by Gasteiger charge is 2.34. The van der Waals surface area contributed by atoms with Crippen LogP contribution < -0.4 is 21.3 Å². The molecule has 1 atom stereocenters. The molecule has 0 aromatic heterocycles. The molecule has 4 N–H and O–H groups in total. The molecule has 198 valence electrons. The van der Waals surface area contributed by atoms with Gasteiger partial charge < -0.3 is 26.0 Å². The topological polar surface area (TPSA) is 114 Å². The molecule has 0 saturated carbocycles. The van der Waals surface area contributed by atoms with Gasteiger partial charge in [0.1, 0.15) is 6.04 Å². The van der Waals surface area contributed by atoms with Crippen molar-refractivity contribution in [2.24, 2.45) is 5.73 Å². The van der Waals surface area contributed by atoms with Crippen molar-refractivity contribution in [2.75, 3.05) is 17.8 Å². The summed E-state index contributed by atoms with van der Waals surface area (Å²) in [6, 6.07) is 22.9. The number of hydrogen-bond acceptors (Lipinski definition) is 6. The molecule has 0 unspecified atom stereocenters. The molecule has 0 saturated heterocycles. The fourth-order valence-corrected chi connectivity index (χ4v) is 5.21. The summed E-state index contributed by atoms with van der Waals surface area (Å²) in [4.78, 5) is 40.5. The van der Waals surface area contributed by atoms with Crippen LogP contribution in [0.15, 0.2) is 77.7 Å². The number of thioether (sulfide) groups is 1. The number of hydrogen-bond donors (Lipinski definition) is 3. The van der Waals surface area contributed by atoms with Gasteiger partial charge in [0.15, 0.2) is 0 Å². The minimum Gasteiger partial charge on any atom is -0.453 e. The standard InChI is InChI=1S/C29H32N4O4S/c1-29(2,30)27(35)32-23-18-38-25-11-7-6-10-24(25)33(26(23)34)17-19-12-14-20(15-13-19)22-9-5-4-8-21(22)16-31-28(36)37-3/h4-15,23H,16-18,30H2,1-3H3,(H,31,36)(H,32,35)/t23-/m1/s1. The zero-order valence-corrected chi connectivity index (χ0v) is 22.5. The highest BCUT2D eigenvalue weighted by atomic mass is 32.2. The Hall–Kier alpha value is -3.82. The largest absolute Gasteiger partial charge is 0.453 e. The van der Waals surface area contributed by atoms with Crippen molar-refractivity contribution in [1.82, 2.24) is 10.6 Å². The predicted octanol–water partition coefficient (Wildman–Crippen LogP) is 4.07. The molecule has 0 fully saturated rings. The maximum atomic E-state index is 13.7. The number of alkyl carbamates (subject to hydrolysis) is 1. The van der Waals surface area contributed by atoms with Crippen LogP contribution in [-0.2, 0) is 27.4 Å². The van der Waals surface area contributed by atoms with Crippen LogP contribution in [0.5, 0.6) is 0 Å². The molecule has 8 nitrogen and oxygen atoms in total. The first kappa shape index (κ1) is 27.2. The summed E-state index contributed by atoms with van der Waals surface area (Å²) in [5, 5.41) is 5.57. The van der Waals surface area contributed by atoms with E-state index in [2.05, 4.69) is 15.4 Å². The molecule has 1 aliphatic rings. The van der Waals surface area contributed by atoms with Gasteiger partial charge in [-0.3, -0.25) is 9.59 Å². The number of amides is 3. The number of ether oxygens (including phenoxy) is 1. The zero-order valence-electron chi connectivity index (χ0n) is 21.7. The van der Waals surface area contributed by atoms with E-state index in [0.717, 1.165) is 32.8 Å². The second-order valence-electron chi connectivity index (χ2n) is 9.65. The number of methoxy groups -OCH3 is 1. The second-order valence-corrected chi connectivity index (χ2v) is 10.7. The van der Waals surface area contributed by atoms with Crippen LogP contribution in [0.2, 0.25) is 0 Å². The average molecular weight is 533 g/mol. The molecule has 0 radical (unpaired) electrons. The van der Waals surface area contributed by atoms with Crippen molar-refractivity contribution in [2.45, 2.75) is 43.4 Å². The van der Waals surface area contributed by atoms with E-state index in [0.29, 0.717) is 18.8 Å². The van der Waals surface area contributed by atoms with Gasteiger partial charge in [-0.1, -0.05) is 60.7 Å². The van der Waals surface area contributed by atoms with Gasteiger partial charge in [0.2, 0.25) is 5.91 Å². The van der Waals surface area contributed by atoms with E-state index in [9.17, 15) is 14.4 Å². The van der Waals surface area contributed by atoms with Crippen molar-refractivity contribution >= 4 is 35.4 Å². The number of rotatable bonds is 7. The van der Waals surface area contributed by atoms with Crippen LogP contribution in [0.3, 0.4) is 0 Å². The van der Waals surface area contributed by atoms with Crippen LogP contribution in [0, 0.1) is 0 Å². The Balaban J connectivity index is 1.57. The Morgan fingerprint density at radius 3 is 2.45 bits per heavy atom. The van der Waals surface area contributed by atoms with Gasteiger partial charge in [-0.15, -0.1) is 11.8 Å². The number of para-hydroxylation sites is 1. The zero-order chi connectivity index (χ0) is 27.3. The molecule has 3 amide bonds. The van der Waals surface area contributed by atoms with Crippen LogP contribution in [0.4, 0.5) is 10.5 Å². The average Bonchev–Trinajstić information content (AvgIpc) is 3.04. The fraction of sp³-hybridized carbons (Fsp3) is 0.276.